The Morgan fingerprint density at radius 1 is 1.47 bits per heavy atom. The molecule has 0 fully saturated rings. The summed E-state index contributed by atoms with van der Waals surface area (Å²) in [6, 6.07) is 1.99. The highest BCUT2D eigenvalue weighted by atomic mass is 16.6. The molecule has 0 atom stereocenters. The van der Waals surface area contributed by atoms with Gasteiger partial charge in [-0.25, -0.2) is 4.98 Å². The number of hydrogen-bond donors (Lipinski definition) is 1. The highest BCUT2D eigenvalue weighted by Crippen LogP contribution is 2.24. The Morgan fingerprint density at radius 2 is 2.11 bits per heavy atom. The molecule has 1 aromatic rings. The van der Waals surface area contributed by atoms with Gasteiger partial charge in [-0.05, 0) is 25.8 Å². The smallest absolute Gasteiger partial charge is 0.290 e. The highest BCUT2D eigenvalue weighted by molar-refractivity contribution is 5.49. The third-order valence-corrected chi connectivity index (χ3v) is 3.28. The standard InChI is InChI=1S/C13H21N3O3/c1-4-11(5-2)15(6-7-17)13-8-10(3)12(9-14-13)16(18)19/h8-9,11,17H,4-7H2,1-3H3. The Kier molecular flexibility index (Phi) is 5.69. The van der Waals surface area contributed by atoms with Crippen LogP contribution < -0.4 is 4.90 Å². The predicted octanol–water partition coefficient (Wildman–Crippen LogP) is 2.29. The van der Waals surface area contributed by atoms with Crippen LogP contribution in [0.5, 0.6) is 0 Å². The molecule has 0 aliphatic rings. The molecule has 106 valence electrons. The van der Waals surface area contributed by atoms with Crippen LogP contribution in [0.15, 0.2) is 12.3 Å². The number of nitro groups is 1. The number of aliphatic hydroxyl groups is 1. The second-order valence-electron chi connectivity index (χ2n) is 4.47. The summed E-state index contributed by atoms with van der Waals surface area (Å²) in [4.78, 5) is 16.5. The SMILES string of the molecule is CCC(CC)N(CCO)c1cc(C)c([N+](=O)[O-])cn1. The van der Waals surface area contributed by atoms with E-state index in [1.807, 2.05) is 4.90 Å². The molecule has 0 aliphatic carbocycles. The van der Waals surface area contributed by atoms with E-state index < -0.39 is 4.92 Å². The largest absolute Gasteiger partial charge is 0.395 e. The Hall–Kier alpha value is -1.69. The third kappa shape index (κ3) is 3.64. The summed E-state index contributed by atoms with van der Waals surface area (Å²) in [6.45, 7) is 6.38. The van der Waals surface area contributed by atoms with Gasteiger partial charge in [-0.15, -0.1) is 0 Å². The molecule has 1 rings (SSSR count). The maximum atomic E-state index is 10.8. The molecular formula is C13H21N3O3. The minimum absolute atomic E-state index is 0.0252. The lowest BCUT2D eigenvalue weighted by atomic mass is 10.1. The average Bonchev–Trinajstić information content (AvgIpc) is 2.38. The van der Waals surface area contributed by atoms with Crippen molar-refractivity contribution < 1.29 is 10.0 Å². The molecule has 0 spiro atoms. The van der Waals surface area contributed by atoms with Crippen LogP contribution in [0.25, 0.3) is 0 Å². The van der Waals surface area contributed by atoms with E-state index in [9.17, 15) is 15.2 Å². The zero-order valence-electron chi connectivity index (χ0n) is 11.7. The quantitative estimate of drug-likeness (QED) is 0.605. The lowest BCUT2D eigenvalue weighted by Crippen LogP contribution is -2.37. The minimum atomic E-state index is -0.431. The molecular weight excluding hydrogens is 246 g/mol. The summed E-state index contributed by atoms with van der Waals surface area (Å²) in [7, 11) is 0. The first-order chi connectivity index (χ1) is 9.04. The highest BCUT2D eigenvalue weighted by Gasteiger charge is 2.19. The van der Waals surface area contributed by atoms with Gasteiger partial charge < -0.3 is 10.0 Å². The van der Waals surface area contributed by atoms with Crippen LogP contribution in [0, 0.1) is 17.0 Å². The van der Waals surface area contributed by atoms with Gasteiger partial charge in [-0.2, -0.15) is 0 Å². The van der Waals surface area contributed by atoms with Crippen molar-refractivity contribution in [3.63, 3.8) is 0 Å². The second-order valence-corrected chi connectivity index (χ2v) is 4.47. The van der Waals surface area contributed by atoms with Gasteiger partial charge in [-0.1, -0.05) is 13.8 Å². The zero-order chi connectivity index (χ0) is 14.4. The van der Waals surface area contributed by atoms with Crippen molar-refractivity contribution >= 4 is 11.5 Å². The second kappa shape index (κ2) is 7.04. The summed E-state index contributed by atoms with van der Waals surface area (Å²) in [5.74, 6) is 0.686. The van der Waals surface area contributed by atoms with E-state index in [0.717, 1.165) is 12.8 Å². The van der Waals surface area contributed by atoms with E-state index in [0.29, 0.717) is 17.9 Å². The summed E-state index contributed by atoms with van der Waals surface area (Å²) in [6.07, 6.45) is 3.17. The molecule has 0 aliphatic heterocycles. The van der Waals surface area contributed by atoms with Crippen LogP contribution in [0.2, 0.25) is 0 Å². The molecule has 0 saturated heterocycles. The van der Waals surface area contributed by atoms with Gasteiger partial charge in [0.25, 0.3) is 5.69 Å². The number of rotatable bonds is 7. The molecule has 1 N–H and O–H groups in total. The zero-order valence-corrected chi connectivity index (χ0v) is 11.7. The number of aliphatic hydroxyl groups excluding tert-OH is 1. The molecule has 0 unspecified atom stereocenters. The lowest BCUT2D eigenvalue weighted by Gasteiger charge is -2.31. The van der Waals surface area contributed by atoms with E-state index in [4.69, 9.17) is 0 Å². The van der Waals surface area contributed by atoms with Crippen molar-refractivity contribution in [3.05, 3.63) is 27.9 Å². The van der Waals surface area contributed by atoms with E-state index in [-0.39, 0.29) is 18.3 Å². The van der Waals surface area contributed by atoms with Gasteiger partial charge in [0, 0.05) is 18.2 Å². The topological polar surface area (TPSA) is 79.5 Å². The predicted molar refractivity (Wildman–Crippen MR) is 74.4 cm³/mol. The van der Waals surface area contributed by atoms with Gasteiger partial charge in [0.1, 0.15) is 12.0 Å². The van der Waals surface area contributed by atoms with Crippen molar-refractivity contribution in [2.75, 3.05) is 18.1 Å². The van der Waals surface area contributed by atoms with Crippen molar-refractivity contribution in [1.29, 1.82) is 0 Å². The molecule has 0 bridgehead atoms. The maximum Gasteiger partial charge on any atom is 0.290 e. The molecule has 0 saturated carbocycles. The van der Waals surface area contributed by atoms with E-state index in [2.05, 4.69) is 18.8 Å². The molecule has 19 heavy (non-hydrogen) atoms. The number of nitrogens with zero attached hydrogens (tertiary/aromatic N) is 3. The Bertz CT molecular complexity index is 433. The fourth-order valence-corrected chi connectivity index (χ4v) is 2.20. The molecule has 0 radical (unpaired) electrons. The van der Waals surface area contributed by atoms with Crippen LogP contribution in [0.1, 0.15) is 32.3 Å². The minimum Gasteiger partial charge on any atom is -0.395 e. The Labute approximate surface area is 113 Å². The van der Waals surface area contributed by atoms with Gasteiger partial charge in [0.05, 0.1) is 11.5 Å². The molecule has 6 heteroatoms. The molecule has 0 aromatic carbocycles. The van der Waals surface area contributed by atoms with Crippen LogP contribution in [-0.2, 0) is 0 Å². The summed E-state index contributed by atoms with van der Waals surface area (Å²) >= 11 is 0. The first-order valence-electron chi connectivity index (χ1n) is 6.53. The van der Waals surface area contributed by atoms with E-state index in [1.165, 1.54) is 6.20 Å². The summed E-state index contributed by atoms with van der Waals surface area (Å²) < 4.78 is 0. The fourth-order valence-electron chi connectivity index (χ4n) is 2.20. The Balaban J connectivity index is 3.09. The van der Waals surface area contributed by atoms with Crippen LogP contribution >= 0.6 is 0 Å². The first-order valence-corrected chi connectivity index (χ1v) is 6.53. The number of aromatic nitrogens is 1. The number of pyridine rings is 1. The summed E-state index contributed by atoms with van der Waals surface area (Å²) in [5, 5.41) is 20.0. The lowest BCUT2D eigenvalue weighted by molar-refractivity contribution is -0.385. The van der Waals surface area contributed by atoms with Crippen LogP contribution in [-0.4, -0.2) is 34.2 Å². The van der Waals surface area contributed by atoms with Crippen LogP contribution in [0.4, 0.5) is 11.5 Å². The van der Waals surface area contributed by atoms with Gasteiger partial charge in [0.2, 0.25) is 0 Å². The van der Waals surface area contributed by atoms with Crippen molar-refractivity contribution in [1.82, 2.24) is 4.98 Å². The number of aryl methyl sites for hydroxylation is 1. The molecule has 1 heterocycles. The maximum absolute atomic E-state index is 10.8. The van der Waals surface area contributed by atoms with E-state index in [1.54, 1.807) is 13.0 Å². The monoisotopic (exact) mass is 267 g/mol. The fraction of sp³-hybridized carbons (Fsp3) is 0.615. The van der Waals surface area contributed by atoms with Gasteiger partial charge >= 0.3 is 0 Å². The van der Waals surface area contributed by atoms with Crippen molar-refractivity contribution in [2.45, 2.75) is 39.7 Å². The molecule has 0 amide bonds. The van der Waals surface area contributed by atoms with Crippen molar-refractivity contribution in [3.8, 4) is 0 Å². The number of hydrogen-bond acceptors (Lipinski definition) is 5. The molecule has 1 aromatic heterocycles. The first kappa shape index (κ1) is 15.4. The van der Waals surface area contributed by atoms with Crippen LogP contribution in [0.3, 0.4) is 0 Å². The third-order valence-electron chi connectivity index (χ3n) is 3.28. The number of anilines is 1. The normalized spacial score (nSPS) is 10.8. The van der Waals surface area contributed by atoms with E-state index >= 15 is 0 Å². The Morgan fingerprint density at radius 3 is 2.53 bits per heavy atom. The van der Waals surface area contributed by atoms with Gasteiger partial charge in [0.15, 0.2) is 0 Å². The van der Waals surface area contributed by atoms with Crippen molar-refractivity contribution in [2.24, 2.45) is 0 Å². The summed E-state index contributed by atoms with van der Waals surface area (Å²) in [5.41, 5.74) is 0.612. The average molecular weight is 267 g/mol. The molecule has 6 nitrogen and oxygen atoms in total. The van der Waals surface area contributed by atoms with Gasteiger partial charge in [-0.3, -0.25) is 10.1 Å².